The van der Waals surface area contributed by atoms with Crippen LogP contribution in [-0.4, -0.2) is 35.1 Å². The van der Waals surface area contributed by atoms with Crippen LogP contribution < -0.4 is 0 Å². The average Bonchev–Trinajstić information content (AvgIpc) is 2.10. The van der Waals surface area contributed by atoms with Gasteiger partial charge in [0.05, 0.1) is 6.04 Å². The van der Waals surface area contributed by atoms with Gasteiger partial charge in [0.1, 0.15) is 5.78 Å². The molecule has 10 heavy (non-hydrogen) atoms. The van der Waals surface area contributed by atoms with E-state index in [4.69, 9.17) is 0 Å². The van der Waals surface area contributed by atoms with Gasteiger partial charge in [-0.15, -0.1) is 0 Å². The highest BCUT2D eigenvalue weighted by atomic mass is 79.9. The third kappa shape index (κ3) is 1.58. The zero-order valence-corrected chi connectivity index (χ0v) is 7.89. The van der Waals surface area contributed by atoms with E-state index >= 15 is 0 Å². The fraction of sp³-hybridized carbons (Fsp3) is 0.857. The van der Waals surface area contributed by atoms with E-state index in [1.165, 1.54) is 0 Å². The minimum Gasteiger partial charge on any atom is -0.298 e. The highest BCUT2D eigenvalue weighted by molar-refractivity contribution is 9.09. The van der Waals surface area contributed by atoms with Gasteiger partial charge in [0.15, 0.2) is 0 Å². The summed E-state index contributed by atoms with van der Waals surface area (Å²) in [5.41, 5.74) is 0. The summed E-state index contributed by atoms with van der Waals surface area (Å²) >= 11 is 3.49. The first kappa shape index (κ1) is 8.21. The minimum absolute atomic E-state index is 0.157. The van der Waals surface area contributed by atoms with E-state index in [2.05, 4.69) is 20.8 Å². The van der Waals surface area contributed by atoms with Crippen molar-refractivity contribution in [3.05, 3.63) is 0 Å². The van der Waals surface area contributed by atoms with E-state index in [0.717, 1.165) is 13.0 Å². The number of likely N-dealkylation sites (tertiary alicyclic amines) is 1. The van der Waals surface area contributed by atoms with Crippen molar-refractivity contribution in [1.29, 1.82) is 0 Å². The zero-order valence-electron chi connectivity index (χ0n) is 6.30. The number of hydrogen-bond acceptors (Lipinski definition) is 2. The van der Waals surface area contributed by atoms with Crippen LogP contribution in [-0.2, 0) is 4.79 Å². The second-order valence-corrected chi connectivity index (χ2v) is 4.19. The topological polar surface area (TPSA) is 20.3 Å². The van der Waals surface area contributed by atoms with Crippen LogP contribution in [0.4, 0.5) is 0 Å². The predicted molar refractivity (Wildman–Crippen MR) is 44.4 cm³/mol. The van der Waals surface area contributed by atoms with Gasteiger partial charge < -0.3 is 0 Å². The molecule has 0 spiro atoms. The lowest BCUT2D eigenvalue weighted by Gasteiger charge is -2.14. The van der Waals surface area contributed by atoms with Crippen LogP contribution in [0.3, 0.4) is 0 Å². The molecule has 1 aliphatic rings. The number of Topliss-reactive ketones (excluding diaryl/α,β-unsaturated/α-hetero) is 1. The summed E-state index contributed by atoms with van der Waals surface area (Å²) in [6.45, 7) is 2.65. The maximum Gasteiger partial charge on any atom is 0.146 e. The molecule has 0 aliphatic carbocycles. The summed E-state index contributed by atoms with van der Waals surface area (Å²) < 4.78 is 0. The molecule has 0 aromatic rings. The van der Waals surface area contributed by atoms with Crippen molar-refractivity contribution in [2.75, 3.05) is 13.6 Å². The Balaban J connectivity index is 2.54. The number of carbonyl (C=O) groups excluding carboxylic acids is 1. The Morgan fingerprint density at radius 1 is 1.70 bits per heavy atom. The van der Waals surface area contributed by atoms with Gasteiger partial charge in [-0.1, -0.05) is 15.9 Å². The number of alkyl halides is 1. The maximum atomic E-state index is 10.9. The summed E-state index contributed by atoms with van der Waals surface area (Å²) in [7, 11) is 1.99. The van der Waals surface area contributed by atoms with E-state index in [0.29, 0.717) is 4.83 Å². The van der Waals surface area contributed by atoms with Crippen LogP contribution in [0.1, 0.15) is 13.3 Å². The molecule has 0 radical (unpaired) electrons. The summed E-state index contributed by atoms with van der Waals surface area (Å²) in [4.78, 5) is 13.5. The molecule has 0 aromatic heterocycles. The van der Waals surface area contributed by atoms with E-state index in [1.54, 1.807) is 6.92 Å². The normalized spacial score (nSPS) is 34.7. The Morgan fingerprint density at radius 2 is 2.30 bits per heavy atom. The van der Waals surface area contributed by atoms with Gasteiger partial charge in [-0.25, -0.2) is 0 Å². The molecule has 2 atom stereocenters. The molecule has 0 amide bonds. The lowest BCUT2D eigenvalue weighted by molar-refractivity contribution is -0.120. The van der Waals surface area contributed by atoms with Gasteiger partial charge in [0.2, 0.25) is 0 Å². The van der Waals surface area contributed by atoms with E-state index in [9.17, 15) is 4.79 Å². The van der Waals surface area contributed by atoms with Crippen molar-refractivity contribution in [1.82, 2.24) is 4.90 Å². The first-order valence-electron chi connectivity index (χ1n) is 3.46. The molecule has 0 bridgehead atoms. The molecule has 1 saturated heterocycles. The quantitative estimate of drug-likeness (QED) is 0.597. The Hall–Kier alpha value is 0.110. The Bertz CT molecular complexity index is 149. The lowest BCUT2D eigenvalue weighted by Crippen LogP contribution is -2.30. The molecule has 0 aromatic carbocycles. The molecule has 3 heteroatoms. The maximum absolute atomic E-state index is 10.9. The Labute approximate surface area is 69.7 Å². The third-order valence-corrected chi connectivity index (χ3v) is 2.63. The van der Waals surface area contributed by atoms with Gasteiger partial charge in [0, 0.05) is 11.4 Å². The fourth-order valence-electron chi connectivity index (χ4n) is 1.41. The molecule has 2 unspecified atom stereocenters. The summed E-state index contributed by atoms with van der Waals surface area (Å²) in [5, 5.41) is 0. The third-order valence-electron chi connectivity index (χ3n) is 1.97. The number of hydrogen-bond donors (Lipinski definition) is 0. The van der Waals surface area contributed by atoms with Crippen LogP contribution in [0, 0.1) is 0 Å². The zero-order chi connectivity index (χ0) is 7.72. The second-order valence-electron chi connectivity index (χ2n) is 2.90. The average molecular weight is 206 g/mol. The van der Waals surface area contributed by atoms with Crippen molar-refractivity contribution < 1.29 is 4.79 Å². The van der Waals surface area contributed by atoms with E-state index in [-0.39, 0.29) is 11.8 Å². The number of likely N-dealkylation sites (N-methyl/N-ethyl adjacent to an activating group) is 1. The van der Waals surface area contributed by atoms with Crippen molar-refractivity contribution in [3.8, 4) is 0 Å². The largest absolute Gasteiger partial charge is 0.298 e. The number of rotatable bonds is 1. The molecule has 0 N–H and O–H groups in total. The molecule has 2 nitrogen and oxygen atoms in total. The summed E-state index contributed by atoms with van der Waals surface area (Å²) in [6.07, 6.45) is 0.964. The number of ketones is 1. The van der Waals surface area contributed by atoms with Gasteiger partial charge in [-0.05, 0) is 20.4 Å². The standard InChI is InChI=1S/C7H12BrNO/c1-5(10)7-3-6(8)4-9(7)2/h6-7H,3-4H2,1-2H3. The Morgan fingerprint density at radius 3 is 2.50 bits per heavy atom. The Kier molecular flexibility index (Phi) is 2.47. The van der Waals surface area contributed by atoms with Crippen molar-refractivity contribution in [2.45, 2.75) is 24.2 Å². The summed E-state index contributed by atoms with van der Waals surface area (Å²) in [5.74, 6) is 0.282. The molecular weight excluding hydrogens is 194 g/mol. The van der Waals surface area contributed by atoms with Crippen LogP contribution in [0.5, 0.6) is 0 Å². The first-order valence-corrected chi connectivity index (χ1v) is 4.37. The molecule has 1 rings (SSSR count). The molecule has 58 valence electrons. The number of nitrogens with zero attached hydrogens (tertiary/aromatic N) is 1. The molecule has 1 heterocycles. The highest BCUT2D eigenvalue weighted by Crippen LogP contribution is 2.21. The molecule has 1 aliphatic heterocycles. The second kappa shape index (κ2) is 3.01. The molecular formula is C7H12BrNO. The van der Waals surface area contributed by atoms with Crippen LogP contribution >= 0.6 is 15.9 Å². The van der Waals surface area contributed by atoms with E-state index in [1.807, 2.05) is 7.05 Å². The van der Waals surface area contributed by atoms with Crippen LogP contribution in [0.25, 0.3) is 0 Å². The molecule has 1 fully saturated rings. The number of halogens is 1. The molecule has 0 saturated carbocycles. The van der Waals surface area contributed by atoms with E-state index < -0.39 is 0 Å². The van der Waals surface area contributed by atoms with Crippen molar-refractivity contribution in [3.63, 3.8) is 0 Å². The first-order chi connectivity index (χ1) is 4.61. The smallest absolute Gasteiger partial charge is 0.146 e. The summed E-state index contributed by atoms with van der Waals surface area (Å²) in [6, 6.07) is 0.157. The minimum atomic E-state index is 0.157. The van der Waals surface area contributed by atoms with Gasteiger partial charge in [-0.2, -0.15) is 0 Å². The predicted octanol–water partition coefficient (Wildman–Crippen LogP) is 1.04. The van der Waals surface area contributed by atoms with Gasteiger partial charge in [-0.3, -0.25) is 9.69 Å². The monoisotopic (exact) mass is 205 g/mol. The van der Waals surface area contributed by atoms with Gasteiger partial charge >= 0.3 is 0 Å². The lowest BCUT2D eigenvalue weighted by atomic mass is 10.1. The fourth-order valence-corrected chi connectivity index (χ4v) is 2.22. The van der Waals surface area contributed by atoms with Crippen LogP contribution in [0.2, 0.25) is 0 Å². The van der Waals surface area contributed by atoms with Crippen LogP contribution in [0.15, 0.2) is 0 Å². The highest BCUT2D eigenvalue weighted by Gasteiger charge is 2.30. The van der Waals surface area contributed by atoms with Gasteiger partial charge in [0.25, 0.3) is 0 Å². The SMILES string of the molecule is CC(=O)C1CC(Br)CN1C. The van der Waals surface area contributed by atoms with Crippen molar-refractivity contribution >= 4 is 21.7 Å². The number of carbonyl (C=O) groups is 1. The van der Waals surface area contributed by atoms with Crippen molar-refractivity contribution in [2.24, 2.45) is 0 Å².